The van der Waals surface area contributed by atoms with Crippen LogP contribution in [0.2, 0.25) is 0 Å². The van der Waals surface area contributed by atoms with Gasteiger partial charge in [0.2, 0.25) is 0 Å². The minimum Gasteiger partial charge on any atom is -0.493 e. The largest absolute Gasteiger partial charge is 0.493 e. The molecule has 0 aliphatic heterocycles. The number of ether oxygens (including phenoxy) is 1. The molecule has 2 aromatic rings. The van der Waals surface area contributed by atoms with E-state index in [1.807, 2.05) is 13.2 Å². The Morgan fingerprint density at radius 1 is 1.39 bits per heavy atom. The molecule has 0 aliphatic carbocycles. The van der Waals surface area contributed by atoms with E-state index >= 15 is 0 Å². The third-order valence-electron chi connectivity index (χ3n) is 2.71. The van der Waals surface area contributed by atoms with Crippen LogP contribution in [0.5, 0.6) is 5.75 Å². The number of benzene rings is 1. The Bertz CT molecular complexity index is 522. The van der Waals surface area contributed by atoms with E-state index in [0.717, 1.165) is 24.0 Å². The van der Waals surface area contributed by atoms with Crippen LogP contribution in [-0.2, 0) is 7.05 Å². The lowest BCUT2D eigenvalue weighted by molar-refractivity contribution is 0.309. The fourth-order valence-corrected chi connectivity index (χ4v) is 1.74. The van der Waals surface area contributed by atoms with Gasteiger partial charge in [0.1, 0.15) is 11.6 Å². The predicted molar refractivity (Wildman–Crippen MR) is 69.0 cm³/mol. The molecular formula is C14H17FN2O. The van der Waals surface area contributed by atoms with Crippen molar-refractivity contribution in [3.63, 3.8) is 0 Å². The van der Waals surface area contributed by atoms with E-state index in [0.29, 0.717) is 12.4 Å². The number of rotatable bonds is 5. The van der Waals surface area contributed by atoms with Crippen molar-refractivity contribution in [3.8, 4) is 16.9 Å². The van der Waals surface area contributed by atoms with E-state index in [1.54, 1.807) is 16.9 Å². The average molecular weight is 248 g/mol. The lowest BCUT2D eigenvalue weighted by Crippen LogP contribution is -1.98. The molecule has 96 valence electrons. The zero-order chi connectivity index (χ0) is 13.0. The summed E-state index contributed by atoms with van der Waals surface area (Å²) in [5.74, 6) is 0.297. The van der Waals surface area contributed by atoms with Crippen LogP contribution < -0.4 is 4.74 Å². The maximum absolute atomic E-state index is 13.3. The molecule has 0 saturated heterocycles. The number of halogens is 1. The zero-order valence-electron chi connectivity index (χ0n) is 10.7. The summed E-state index contributed by atoms with van der Waals surface area (Å²) in [7, 11) is 1.85. The van der Waals surface area contributed by atoms with Crippen molar-refractivity contribution in [2.24, 2.45) is 7.05 Å². The van der Waals surface area contributed by atoms with Gasteiger partial charge in [-0.1, -0.05) is 13.3 Å². The molecule has 3 nitrogen and oxygen atoms in total. The lowest BCUT2D eigenvalue weighted by Gasteiger charge is -2.10. The van der Waals surface area contributed by atoms with Gasteiger partial charge in [-0.2, -0.15) is 5.10 Å². The maximum atomic E-state index is 13.3. The number of hydrogen-bond donors (Lipinski definition) is 0. The van der Waals surface area contributed by atoms with E-state index in [4.69, 9.17) is 4.74 Å². The van der Waals surface area contributed by atoms with Crippen LogP contribution in [0.25, 0.3) is 11.1 Å². The molecule has 0 fully saturated rings. The molecule has 0 N–H and O–H groups in total. The van der Waals surface area contributed by atoms with Crippen molar-refractivity contribution >= 4 is 0 Å². The third kappa shape index (κ3) is 2.88. The van der Waals surface area contributed by atoms with Crippen molar-refractivity contribution in [2.45, 2.75) is 19.8 Å². The molecule has 1 heterocycles. The van der Waals surface area contributed by atoms with Crippen molar-refractivity contribution < 1.29 is 9.13 Å². The van der Waals surface area contributed by atoms with Gasteiger partial charge in [-0.3, -0.25) is 4.68 Å². The van der Waals surface area contributed by atoms with Gasteiger partial charge in [-0.05, 0) is 18.6 Å². The molecule has 18 heavy (non-hydrogen) atoms. The van der Waals surface area contributed by atoms with Crippen LogP contribution in [0.3, 0.4) is 0 Å². The third-order valence-corrected chi connectivity index (χ3v) is 2.71. The van der Waals surface area contributed by atoms with Gasteiger partial charge in [0.05, 0.1) is 12.8 Å². The quantitative estimate of drug-likeness (QED) is 0.758. The van der Waals surface area contributed by atoms with Crippen LogP contribution in [0.1, 0.15) is 19.8 Å². The zero-order valence-corrected chi connectivity index (χ0v) is 10.7. The number of nitrogens with zero attached hydrogens (tertiary/aromatic N) is 2. The van der Waals surface area contributed by atoms with Gasteiger partial charge < -0.3 is 4.74 Å². The number of aromatic nitrogens is 2. The van der Waals surface area contributed by atoms with Crippen LogP contribution in [0.15, 0.2) is 30.6 Å². The van der Waals surface area contributed by atoms with Crippen LogP contribution in [-0.4, -0.2) is 16.4 Å². The Hall–Kier alpha value is -1.84. The second kappa shape index (κ2) is 5.67. The molecule has 1 aromatic heterocycles. The Kier molecular flexibility index (Phi) is 3.97. The summed E-state index contributed by atoms with van der Waals surface area (Å²) in [6.07, 6.45) is 5.65. The highest BCUT2D eigenvalue weighted by Crippen LogP contribution is 2.30. The second-order valence-corrected chi connectivity index (χ2v) is 4.25. The smallest absolute Gasteiger partial charge is 0.130 e. The topological polar surface area (TPSA) is 27.1 Å². The summed E-state index contributed by atoms with van der Waals surface area (Å²) in [4.78, 5) is 0. The monoisotopic (exact) mass is 248 g/mol. The van der Waals surface area contributed by atoms with Gasteiger partial charge >= 0.3 is 0 Å². The average Bonchev–Trinajstić information content (AvgIpc) is 2.76. The molecule has 0 unspecified atom stereocenters. The van der Waals surface area contributed by atoms with Crippen LogP contribution in [0.4, 0.5) is 4.39 Å². The first-order valence-electron chi connectivity index (χ1n) is 6.12. The summed E-state index contributed by atoms with van der Waals surface area (Å²) < 4.78 is 20.6. The Morgan fingerprint density at radius 3 is 2.89 bits per heavy atom. The number of aryl methyl sites for hydroxylation is 1. The van der Waals surface area contributed by atoms with E-state index in [9.17, 15) is 4.39 Å². The Balaban J connectivity index is 2.28. The Morgan fingerprint density at radius 2 is 2.22 bits per heavy atom. The van der Waals surface area contributed by atoms with Crippen LogP contribution >= 0.6 is 0 Å². The summed E-state index contributed by atoms with van der Waals surface area (Å²) in [6, 6.07) is 4.60. The summed E-state index contributed by atoms with van der Waals surface area (Å²) in [5.41, 5.74) is 1.81. The van der Waals surface area contributed by atoms with Crippen molar-refractivity contribution in [1.29, 1.82) is 0 Å². The molecule has 2 rings (SSSR count). The summed E-state index contributed by atoms with van der Waals surface area (Å²) in [6.45, 7) is 2.70. The second-order valence-electron chi connectivity index (χ2n) is 4.25. The molecule has 0 saturated carbocycles. The van der Waals surface area contributed by atoms with E-state index < -0.39 is 0 Å². The summed E-state index contributed by atoms with van der Waals surface area (Å²) in [5, 5.41) is 4.12. The fraction of sp³-hybridized carbons (Fsp3) is 0.357. The molecule has 1 aromatic carbocycles. The lowest BCUT2D eigenvalue weighted by atomic mass is 10.1. The first kappa shape index (κ1) is 12.6. The molecule has 4 heteroatoms. The first-order chi connectivity index (χ1) is 8.70. The molecular weight excluding hydrogens is 231 g/mol. The minimum absolute atomic E-state index is 0.283. The first-order valence-corrected chi connectivity index (χ1v) is 6.12. The SMILES string of the molecule is CCCCOc1cc(F)ccc1-c1cnn(C)c1. The van der Waals surface area contributed by atoms with Crippen molar-refractivity contribution in [1.82, 2.24) is 9.78 Å². The van der Waals surface area contributed by atoms with E-state index in [2.05, 4.69) is 12.0 Å². The van der Waals surface area contributed by atoms with Crippen molar-refractivity contribution in [3.05, 3.63) is 36.4 Å². The van der Waals surface area contributed by atoms with Crippen LogP contribution in [0, 0.1) is 5.82 Å². The van der Waals surface area contributed by atoms with E-state index in [1.165, 1.54) is 12.1 Å². The molecule has 0 aliphatic rings. The Labute approximate surface area is 106 Å². The normalized spacial score (nSPS) is 10.6. The van der Waals surface area contributed by atoms with Gasteiger partial charge in [-0.25, -0.2) is 4.39 Å². The van der Waals surface area contributed by atoms with Gasteiger partial charge in [0.15, 0.2) is 0 Å². The minimum atomic E-state index is -0.283. The fourth-order valence-electron chi connectivity index (χ4n) is 1.74. The highest BCUT2D eigenvalue weighted by Gasteiger charge is 2.09. The molecule has 0 amide bonds. The molecule has 0 atom stereocenters. The van der Waals surface area contributed by atoms with E-state index in [-0.39, 0.29) is 5.82 Å². The maximum Gasteiger partial charge on any atom is 0.130 e. The van der Waals surface area contributed by atoms with Gasteiger partial charge in [-0.15, -0.1) is 0 Å². The summed E-state index contributed by atoms with van der Waals surface area (Å²) >= 11 is 0. The highest BCUT2D eigenvalue weighted by molar-refractivity contribution is 5.69. The predicted octanol–water partition coefficient (Wildman–Crippen LogP) is 3.41. The molecule has 0 bridgehead atoms. The number of unbranched alkanes of at least 4 members (excludes halogenated alkanes) is 1. The number of hydrogen-bond acceptors (Lipinski definition) is 2. The van der Waals surface area contributed by atoms with Crippen molar-refractivity contribution in [2.75, 3.05) is 6.61 Å². The molecule has 0 spiro atoms. The highest BCUT2D eigenvalue weighted by atomic mass is 19.1. The van der Waals surface area contributed by atoms with Gasteiger partial charge in [0, 0.05) is 30.4 Å². The van der Waals surface area contributed by atoms with Gasteiger partial charge in [0.25, 0.3) is 0 Å². The molecule has 0 radical (unpaired) electrons. The standard InChI is InChI=1S/C14H17FN2O/c1-3-4-7-18-14-8-12(15)5-6-13(14)11-9-16-17(2)10-11/h5-6,8-10H,3-4,7H2,1-2H3.